The molecule has 15 heteroatoms. The van der Waals surface area contributed by atoms with Crippen molar-refractivity contribution in [1.82, 2.24) is 19.1 Å². The molecule has 2 heterocycles. The molecule has 35 heavy (non-hydrogen) atoms. The van der Waals surface area contributed by atoms with Crippen molar-refractivity contribution in [2.75, 3.05) is 13.7 Å². The molecule has 0 amide bonds. The number of esters is 1. The van der Waals surface area contributed by atoms with Crippen molar-refractivity contribution in [2.24, 2.45) is 7.05 Å². The largest absolute Gasteiger partial charge is 0.493 e. The second-order valence-corrected chi connectivity index (χ2v) is 7.08. The van der Waals surface area contributed by atoms with Gasteiger partial charge in [-0.25, -0.2) is 18.5 Å². The minimum atomic E-state index is -5.00. The third kappa shape index (κ3) is 5.11. The molecule has 0 spiro atoms. The maximum atomic E-state index is 14.7. The molecule has 0 unspecified atom stereocenters. The van der Waals surface area contributed by atoms with Gasteiger partial charge in [-0.2, -0.15) is 23.1 Å². The Morgan fingerprint density at radius 1 is 1.17 bits per heavy atom. The van der Waals surface area contributed by atoms with Crippen LogP contribution >= 0.6 is 11.6 Å². The number of alkyl halides is 3. The number of ether oxygens (including phenoxy) is 3. The van der Waals surface area contributed by atoms with Crippen LogP contribution in [0.25, 0.3) is 5.69 Å². The normalized spacial score (nSPS) is 11.3. The SMILES string of the molecule is CCOC(=O)c1nc(Oc2cc(-n3c(=O)cc(C(F)(F)F)n(C)c3=O)c(F)cc2Cl)ncc1OC. The molecule has 0 radical (unpaired) electrons. The molecule has 0 atom stereocenters. The van der Waals surface area contributed by atoms with Crippen LogP contribution in [0.3, 0.4) is 0 Å². The molecule has 0 bridgehead atoms. The number of methoxy groups -OCH3 is 1. The molecular weight excluding hydrogens is 504 g/mol. The van der Waals surface area contributed by atoms with Crippen LogP contribution in [0.4, 0.5) is 17.6 Å². The van der Waals surface area contributed by atoms with Crippen molar-refractivity contribution in [3.8, 4) is 23.2 Å². The highest BCUT2D eigenvalue weighted by Crippen LogP contribution is 2.33. The minimum Gasteiger partial charge on any atom is -0.493 e. The van der Waals surface area contributed by atoms with Crippen molar-refractivity contribution in [3.05, 3.63) is 67.5 Å². The maximum Gasteiger partial charge on any atom is 0.431 e. The Labute approximate surface area is 198 Å². The van der Waals surface area contributed by atoms with Crippen LogP contribution in [0.2, 0.25) is 5.02 Å². The third-order valence-electron chi connectivity index (χ3n) is 4.48. The highest BCUT2D eigenvalue weighted by atomic mass is 35.5. The number of benzene rings is 1. The van der Waals surface area contributed by atoms with Gasteiger partial charge in [0.15, 0.2) is 17.2 Å². The van der Waals surface area contributed by atoms with E-state index < -0.39 is 46.6 Å². The Hall–Kier alpha value is -3.94. The number of rotatable bonds is 6. The molecule has 2 aromatic heterocycles. The standard InChI is InChI=1S/C20H15ClF4N4O6/c1-4-34-17(31)16-13(33-3)8-26-18(27-16)35-12-6-11(10(22)5-9(12)21)29-15(30)7-14(20(23,24)25)28(2)19(29)32/h5-8H,4H2,1-3H3. The molecule has 0 saturated carbocycles. The van der Waals surface area contributed by atoms with Gasteiger partial charge in [-0.05, 0) is 13.0 Å². The van der Waals surface area contributed by atoms with Crippen molar-refractivity contribution in [3.63, 3.8) is 0 Å². The van der Waals surface area contributed by atoms with E-state index in [0.717, 1.165) is 19.3 Å². The maximum absolute atomic E-state index is 14.7. The fraction of sp³-hybridized carbons (Fsp3) is 0.250. The van der Waals surface area contributed by atoms with E-state index in [1.165, 1.54) is 7.11 Å². The first-order chi connectivity index (χ1) is 16.4. The summed E-state index contributed by atoms with van der Waals surface area (Å²) in [7, 11) is 2.03. The second-order valence-electron chi connectivity index (χ2n) is 6.67. The molecule has 0 aliphatic rings. The number of hydrogen-bond acceptors (Lipinski definition) is 8. The lowest BCUT2D eigenvalue weighted by Crippen LogP contribution is -2.41. The average molecular weight is 519 g/mol. The Balaban J connectivity index is 2.12. The van der Waals surface area contributed by atoms with Crippen LogP contribution in [0, 0.1) is 5.82 Å². The summed E-state index contributed by atoms with van der Waals surface area (Å²) in [6.07, 6.45) is -3.91. The van der Waals surface area contributed by atoms with Crippen LogP contribution in [0.5, 0.6) is 17.5 Å². The van der Waals surface area contributed by atoms with Gasteiger partial charge in [0.25, 0.3) is 5.56 Å². The van der Waals surface area contributed by atoms with Gasteiger partial charge in [0, 0.05) is 19.2 Å². The molecule has 1 aromatic carbocycles. The predicted octanol–water partition coefficient (Wildman–Crippen LogP) is 3.12. The summed E-state index contributed by atoms with van der Waals surface area (Å²) in [6.45, 7) is 1.60. The van der Waals surface area contributed by atoms with Gasteiger partial charge in [0.2, 0.25) is 0 Å². The molecule has 0 aliphatic carbocycles. The summed E-state index contributed by atoms with van der Waals surface area (Å²) < 4.78 is 69.5. The Morgan fingerprint density at radius 3 is 2.46 bits per heavy atom. The summed E-state index contributed by atoms with van der Waals surface area (Å²) >= 11 is 5.99. The molecule has 0 saturated heterocycles. The molecule has 3 aromatic rings. The van der Waals surface area contributed by atoms with Crippen LogP contribution in [-0.4, -0.2) is 38.8 Å². The number of carbonyl (C=O) groups excluding carboxylic acids is 1. The molecule has 0 N–H and O–H groups in total. The van der Waals surface area contributed by atoms with E-state index in [0.29, 0.717) is 6.07 Å². The van der Waals surface area contributed by atoms with E-state index in [1.807, 2.05) is 0 Å². The van der Waals surface area contributed by atoms with E-state index in [9.17, 15) is 31.9 Å². The second kappa shape index (κ2) is 9.74. The van der Waals surface area contributed by atoms with Crippen LogP contribution in [0.1, 0.15) is 23.1 Å². The lowest BCUT2D eigenvalue weighted by Gasteiger charge is -2.15. The number of hydrogen-bond donors (Lipinski definition) is 0. The number of aromatic nitrogens is 4. The van der Waals surface area contributed by atoms with E-state index in [2.05, 4.69) is 9.97 Å². The lowest BCUT2D eigenvalue weighted by molar-refractivity contribution is -0.144. The topological polar surface area (TPSA) is 115 Å². The summed E-state index contributed by atoms with van der Waals surface area (Å²) in [4.78, 5) is 44.6. The molecular formula is C20H15ClF4N4O6. The lowest BCUT2D eigenvalue weighted by atomic mass is 10.2. The fourth-order valence-electron chi connectivity index (χ4n) is 2.88. The Kier molecular flexibility index (Phi) is 7.14. The summed E-state index contributed by atoms with van der Waals surface area (Å²) in [5, 5.41) is -0.361. The van der Waals surface area contributed by atoms with Gasteiger partial charge in [0.05, 0.1) is 30.6 Å². The van der Waals surface area contributed by atoms with Crippen molar-refractivity contribution >= 4 is 17.6 Å². The van der Waals surface area contributed by atoms with E-state index in [1.54, 1.807) is 6.92 Å². The summed E-state index contributed by atoms with van der Waals surface area (Å²) in [5.74, 6) is -2.48. The zero-order valence-corrected chi connectivity index (χ0v) is 18.9. The van der Waals surface area contributed by atoms with Gasteiger partial charge in [-0.3, -0.25) is 9.36 Å². The van der Waals surface area contributed by atoms with Gasteiger partial charge < -0.3 is 14.2 Å². The van der Waals surface area contributed by atoms with E-state index >= 15 is 0 Å². The van der Waals surface area contributed by atoms with Gasteiger partial charge >= 0.3 is 23.8 Å². The first kappa shape index (κ1) is 25.7. The number of nitrogens with zero attached hydrogens (tertiary/aromatic N) is 4. The van der Waals surface area contributed by atoms with Crippen LogP contribution < -0.4 is 20.7 Å². The van der Waals surface area contributed by atoms with Crippen molar-refractivity contribution < 1.29 is 36.6 Å². The molecule has 10 nitrogen and oxygen atoms in total. The van der Waals surface area contributed by atoms with Gasteiger partial charge in [-0.15, -0.1) is 0 Å². The van der Waals surface area contributed by atoms with Crippen LogP contribution in [0.15, 0.2) is 34.0 Å². The first-order valence-corrected chi connectivity index (χ1v) is 9.92. The minimum absolute atomic E-state index is 0.0339. The molecule has 0 aliphatic heterocycles. The molecule has 186 valence electrons. The molecule has 3 rings (SSSR count). The zero-order valence-electron chi connectivity index (χ0n) is 18.1. The van der Waals surface area contributed by atoms with Gasteiger partial charge in [0.1, 0.15) is 11.5 Å². The Morgan fingerprint density at radius 2 is 1.86 bits per heavy atom. The monoisotopic (exact) mass is 518 g/mol. The predicted molar refractivity (Wildman–Crippen MR) is 112 cm³/mol. The first-order valence-electron chi connectivity index (χ1n) is 9.54. The fourth-order valence-corrected chi connectivity index (χ4v) is 3.07. The Bertz CT molecular complexity index is 1420. The van der Waals surface area contributed by atoms with Crippen molar-refractivity contribution in [2.45, 2.75) is 13.1 Å². The summed E-state index contributed by atoms with van der Waals surface area (Å²) in [5.41, 5.74) is -5.48. The molecule has 0 fully saturated rings. The highest BCUT2D eigenvalue weighted by Gasteiger charge is 2.35. The number of carbonyl (C=O) groups is 1. The van der Waals surface area contributed by atoms with Gasteiger partial charge in [-0.1, -0.05) is 11.6 Å². The quantitative estimate of drug-likeness (QED) is 0.361. The highest BCUT2D eigenvalue weighted by molar-refractivity contribution is 6.32. The summed E-state index contributed by atoms with van der Waals surface area (Å²) in [6, 6.07) is 1.14. The van der Waals surface area contributed by atoms with Crippen LogP contribution in [-0.2, 0) is 18.0 Å². The van der Waals surface area contributed by atoms with E-state index in [-0.39, 0.29) is 44.0 Å². The smallest absolute Gasteiger partial charge is 0.431 e. The zero-order chi connectivity index (χ0) is 26.1. The number of halogens is 5. The van der Waals surface area contributed by atoms with E-state index in [4.69, 9.17) is 25.8 Å². The third-order valence-corrected chi connectivity index (χ3v) is 4.77. The van der Waals surface area contributed by atoms with Crippen molar-refractivity contribution in [1.29, 1.82) is 0 Å². The average Bonchev–Trinajstić information content (AvgIpc) is 2.78.